The molecule has 4 heterocycles. The minimum absolute atomic E-state index is 0.0988. The number of carbonyl (C=O) groups excluding carboxylic acids is 1. The van der Waals surface area contributed by atoms with E-state index in [1.807, 2.05) is 19.2 Å². The molecule has 4 rings (SSSR count). The maximum absolute atomic E-state index is 12.5. The molecule has 1 N–H and O–H groups in total. The topological polar surface area (TPSA) is 88.4 Å². The number of morpholine rings is 1. The van der Waals surface area contributed by atoms with E-state index in [0.717, 1.165) is 30.4 Å². The maximum atomic E-state index is 12.5. The fraction of sp³-hybridized carbons (Fsp3) is 0.556. The van der Waals surface area contributed by atoms with Gasteiger partial charge in [-0.15, -0.1) is 0 Å². The highest BCUT2D eigenvalue weighted by atomic mass is 16.5. The lowest BCUT2D eigenvalue weighted by molar-refractivity contribution is -0.0176. The molecule has 0 unspecified atom stereocenters. The lowest BCUT2D eigenvalue weighted by atomic mass is 10.2. The zero-order valence-corrected chi connectivity index (χ0v) is 15.5. The molecule has 0 aliphatic carbocycles. The van der Waals surface area contributed by atoms with E-state index in [4.69, 9.17) is 9.72 Å². The van der Waals surface area contributed by atoms with Crippen molar-refractivity contribution in [2.24, 2.45) is 7.05 Å². The Morgan fingerprint density at radius 1 is 1.26 bits per heavy atom. The van der Waals surface area contributed by atoms with Crippen LogP contribution in [0.5, 0.6) is 0 Å². The Bertz CT molecular complexity index is 788. The first-order valence-corrected chi connectivity index (χ1v) is 9.40. The molecule has 2 aromatic heterocycles. The summed E-state index contributed by atoms with van der Waals surface area (Å²) in [5, 5.41) is 7.07. The Hall–Kier alpha value is -2.68. The van der Waals surface area contributed by atoms with Gasteiger partial charge in [0.2, 0.25) is 5.95 Å². The lowest BCUT2D eigenvalue weighted by Crippen LogP contribution is -2.47. The monoisotopic (exact) mass is 371 g/mol. The van der Waals surface area contributed by atoms with Gasteiger partial charge >= 0.3 is 6.03 Å². The molecule has 0 spiro atoms. The van der Waals surface area contributed by atoms with Crippen molar-refractivity contribution in [2.75, 3.05) is 37.7 Å². The number of aromatic nitrogens is 4. The van der Waals surface area contributed by atoms with Gasteiger partial charge in [-0.3, -0.25) is 4.68 Å². The van der Waals surface area contributed by atoms with E-state index < -0.39 is 0 Å². The number of carbonyl (C=O) groups is 1. The molecule has 0 radical (unpaired) electrons. The van der Waals surface area contributed by atoms with Crippen molar-refractivity contribution in [3.63, 3.8) is 0 Å². The van der Waals surface area contributed by atoms with E-state index in [2.05, 4.69) is 20.3 Å². The van der Waals surface area contributed by atoms with Gasteiger partial charge in [0.15, 0.2) is 0 Å². The van der Waals surface area contributed by atoms with Crippen LogP contribution in [0, 0.1) is 0 Å². The number of aryl methyl sites for hydroxylation is 1. The molecule has 0 aromatic carbocycles. The zero-order valence-electron chi connectivity index (χ0n) is 15.5. The van der Waals surface area contributed by atoms with E-state index in [9.17, 15) is 4.79 Å². The first-order valence-electron chi connectivity index (χ1n) is 9.40. The van der Waals surface area contributed by atoms with Crippen LogP contribution in [0.4, 0.5) is 10.7 Å². The predicted octanol–water partition coefficient (Wildman–Crippen LogP) is 1.09. The van der Waals surface area contributed by atoms with Crippen molar-refractivity contribution >= 4 is 12.0 Å². The van der Waals surface area contributed by atoms with Crippen LogP contribution in [0.3, 0.4) is 0 Å². The number of nitrogens with zero attached hydrogens (tertiary/aromatic N) is 6. The average molecular weight is 371 g/mol. The van der Waals surface area contributed by atoms with E-state index in [1.54, 1.807) is 22.0 Å². The van der Waals surface area contributed by atoms with Crippen molar-refractivity contribution in [2.45, 2.75) is 25.5 Å². The number of rotatable bonds is 4. The average Bonchev–Trinajstić information content (AvgIpc) is 3.38. The van der Waals surface area contributed by atoms with Crippen molar-refractivity contribution in [3.8, 4) is 0 Å². The van der Waals surface area contributed by atoms with Gasteiger partial charge in [0.05, 0.1) is 31.1 Å². The Labute approximate surface area is 158 Å². The van der Waals surface area contributed by atoms with Gasteiger partial charge in [-0.25, -0.2) is 14.8 Å². The molecule has 9 nitrogen and oxygen atoms in total. The number of hydrogen-bond donors (Lipinski definition) is 1. The number of hydrogen-bond acceptors (Lipinski definition) is 6. The summed E-state index contributed by atoms with van der Waals surface area (Å²) in [5.41, 5.74) is 1.79. The number of urea groups is 1. The van der Waals surface area contributed by atoms with Crippen LogP contribution < -0.4 is 10.2 Å². The second kappa shape index (κ2) is 7.91. The summed E-state index contributed by atoms with van der Waals surface area (Å²) in [6, 6.07) is 3.67. The molecule has 9 heteroatoms. The van der Waals surface area contributed by atoms with Gasteiger partial charge in [-0.05, 0) is 25.0 Å². The highest BCUT2D eigenvalue weighted by molar-refractivity contribution is 5.74. The van der Waals surface area contributed by atoms with Gasteiger partial charge < -0.3 is 19.9 Å². The van der Waals surface area contributed by atoms with Gasteiger partial charge in [0, 0.05) is 39.1 Å². The Kier molecular flexibility index (Phi) is 5.19. The number of amides is 2. The van der Waals surface area contributed by atoms with Crippen molar-refractivity contribution < 1.29 is 9.53 Å². The molecule has 2 aromatic rings. The quantitative estimate of drug-likeness (QED) is 0.866. The second-order valence-electron chi connectivity index (χ2n) is 6.89. The normalized spacial score (nSPS) is 20.1. The predicted molar refractivity (Wildman–Crippen MR) is 99.2 cm³/mol. The largest absolute Gasteiger partial charge is 0.368 e. The molecule has 1 atom stereocenters. The van der Waals surface area contributed by atoms with E-state index in [1.165, 1.54) is 12.8 Å². The Balaban J connectivity index is 1.38. The Morgan fingerprint density at radius 2 is 2.11 bits per heavy atom. The minimum atomic E-state index is -0.231. The SMILES string of the molecule is Cn1nccc1CNC(=O)N1CCO[C@H](c2ccnc(N3CCCC3)n2)C1. The molecule has 2 fully saturated rings. The van der Waals surface area contributed by atoms with Crippen molar-refractivity contribution in [3.05, 3.63) is 35.9 Å². The molecule has 27 heavy (non-hydrogen) atoms. The van der Waals surface area contributed by atoms with Crippen LogP contribution in [0.15, 0.2) is 24.5 Å². The van der Waals surface area contributed by atoms with Gasteiger partial charge in [0.1, 0.15) is 6.10 Å². The molecule has 0 saturated carbocycles. The molecule has 2 saturated heterocycles. The summed E-state index contributed by atoms with van der Waals surface area (Å²) in [4.78, 5) is 25.6. The number of ether oxygens (including phenoxy) is 1. The summed E-state index contributed by atoms with van der Waals surface area (Å²) in [7, 11) is 1.86. The summed E-state index contributed by atoms with van der Waals surface area (Å²) >= 11 is 0. The first kappa shape index (κ1) is 17.7. The van der Waals surface area contributed by atoms with E-state index in [0.29, 0.717) is 26.2 Å². The molecule has 0 bridgehead atoms. The zero-order chi connectivity index (χ0) is 18.6. The summed E-state index contributed by atoms with van der Waals surface area (Å²) in [5.74, 6) is 0.756. The molecular formula is C18H25N7O2. The third kappa shape index (κ3) is 4.02. The third-order valence-corrected chi connectivity index (χ3v) is 5.08. The molecule has 2 aliphatic rings. The fourth-order valence-electron chi connectivity index (χ4n) is 3.48. The smallest absolute Gasteiger partial charge is 0.317 e. The second-order valence-corrected chi connectivity index (χ2v) is 6.89. The number of anilines is 1. The van der Waals surface area contributed by atoms with Crippen LogP contribution in [0.1, 0.15) is 30.3 Å². The first-order chi connectivity index (χ1) is 13.2. The molecule has 144 valence electrons. The molecule has 2 aliphatic heterocycles. The minimum Gasteiger partial charge on any atom is -0.368 e. The molecule has 2 amide bonds. The van der Waals surface area contributed by atoms with Crippen LogP contribution in [0.25, 0.3) is 0 Å². The van der Waals surface area contributed by atoms with Crippen LogP contribution >= 0.6 is 0 Å². The van der Waals surface area contributed by atoms with Crippen LogP contribution in [0.2, 0.25) is 0 Å². The summed E-state index contributed by atoms with van der Waals surface area (Å²) in [6.45, 7) is 3.98. The fourth-order valence-corrected chi connectivity index (χ4v) is 3.48. The number of nitrogens with one attached hydrogen (secondary N) is 1. The van der Waals surface area contributed by atoms with Crippen molar-refractivity contribution in [1.29, 1.82) is 0 Å². The van der Waals surface area contributed by atoms with Crippen LogP contribution in [-0.2, 0) is 18.3 Å². The maximum Gasteiger partial charge on any atom is 0.317 e. The Morgan fingerprint density at radius 3 is 2.89 bits per heavy atom. The van der Waals surface area contributed by atoms with Gasteiger partial charge in [0.25, 0.3) is 0 Å². The lowest BCUT2D eigenvalue weighted by Gasteiger charge is -2.32. The highest BCUT2D eigenvalue weighted by Gasteiger charge is 2.27. The van der Waals surface area contributed by atoms with Crippen molar-refractivity contribution in [1.82, 2.24) is 30.0 Å². The van der Waals surface area contributed by atoms with E-state index >= 15 is 0 Å². The third-order valence-electron chi connectivity index (χ3n) is 5.08. The van der Waals surface area contributed by atoms with Gasteiger partial charge in [-0.1, -0.05) is 0 Å². The summed E-state index contributed by atoms with van der Waals surface area (Å²) < 4.78 is 7.64. The highest BCUT2D eigenvalue weighted by Crippen LogP contribution is 2.23. The molecular weight excluding hydrogens is 346 g/mol. The van der Waals surface area contributed by atoms with Gasteiger partial charge in [-0.2, -0.15) is 5.10 Å². The summed E-state index contributed by atoms with van der Waals surface area (Å²) in [6.07, 6.45) is 5.63. The van der Waals surface area contributed by atoms with Crippen LogP contribution in [-0.4, -0.2) is 63.5 Å². The standard InChI is InChI=1S/C18H25N7O2/c1-23-14(4-7-21-23)12-20-18(26)25-10-11-27-16(13-25)15-5-6-19-17(22-15)24-8-2-3-9-24/h4-7,16H,2-3,8-13H2,1H3,(H,20,26)/t16-/m0/s1. The van der Waals surface area contributed by atoms with E-state index in [-0.39, 0.29) is 12.1 Å².